The van der Waals surface area contributed by atoms with Gasteiger partial charge in [0.25, 0.3) is 0 Å². The van der Waals surface area contributed by atoms with Crippen molar-refractivity contribution in [3.63, 3.8) is 0 Å². The number of likely N-dealkylation sites (tertiary alicyclic amines) is 1. The molecular weight excluding hydrogens is 280 g/mol. The molecule has 0 saturated carbocycles. The highest BCUT2D eigenvalue weighted by Gasteiger charge is 2.28. The fraction of sp³-hybridized carbons (Fsp3) is 0.923. The zero-order valence-corrected chi connectivity index (χ0v) is 13.4. The topological polar surface area (TPSA) is 77.9 Å². The molecule has 1 amide bonds. The van der Waals surface area contributed by atoms with E-state index in [0.717, 1.165) is 23.6 Å². The van der Waals surface area contributed by atoms with Gasteiger partial charge < -0.3 is 10.0 Å². The van der Waals surface area contributed by atoms with E-state index in [1.807, 2.05) is 0 Å². The molecule has 1 fully saturated rings. The normalized spacial score (nSPS) is 22.1. The third-order valence-electron chi connectivity index (χ3n) is 3.69. The molecule has 0 bridgehead atoms. The summed E-state index contributed by atoms with van der Waals surface area (Å²) in [5, 5.41) is 9.50. The summed E-state index contributed by atoms with van der Waals surface area (Å²) >= 11 is 0. The Kier molecular flexibility index (Phi) is 6.42. The summed E-state index contributed by atoms with van der Waals surface area (Å²) in [5.41, 5.74) is 0. The van der Waals surface area contributed by atoms with Crippen LogP contribution in [0, 0.1) is 0 Å². The molecule has 2 unspecified atom stereocenters. The smallest absolute Gasteiger partial charge is 0.223 e. The Morgan fingerprint density at radius 1 is 1.40 bits per heavy atom. The Bertz CT molecular complexity index is 420. The van der Waals surface area contributed by atoms with E-state index in [1.165, 1.54) is 14.1 Å². The summed E-state index contributed by atoms with van der Waals surface area (Å²) < 4.78 is 24.5. The third kappa shape index (κ3) is 5.03. The highest BCUT2D eigenvalue weighted by atomic mass is 32.2. The molecule has 0 aromatic heterocycles. The van der Waals surface area contributed by atoms with Crippen LogP contribution in [0.25, 0.3) is 0 Å². The van der Waals surface area contributed by atoms with Crippen molar-refractivity contribution >= 4 is 15.9 Å². The molecule has 1 aliphatic heterocycles. The van der Waals surface area contributed by atoms with Gasteiger partial charge in [-0.2, -0.15) is 0 Å². The lowest BCUT2D eigenvalue weighted by Crippen LogP contribution is -2.45. The van der Waals surface area contributed by atoms with Gasteiger partial charge in [0.2, 0.25) is 15.9 Å². The average Bonchev–Trinajstić information content (AvgIpc) is 2.36. The summed E-state index contributed by atoms with van der Waals surface area (Å²) in [4.78, 5) is 14.0. The number of hydrogen-bond donors (Lipinski definition) is 1. The molecule has 1 heterocycles. The van der Waals surface area contributed by atoms with Gasteiger partial charge in [0, 0.05) is 33.1 Å². The maximum Gasteiger partial charge on any atom is 0.223 e. The Morgan fingerprint density at radius 3 is 2.60 bits per heavy atom. The van der Waals surface area contributed by atoms with E-state index >= 15 is 0 Å². The molecule has 7 heteroatoms. The molecule has 118 valence electrons. The highest BCUT2D eigenvalue weighted by molar-refractivity contribution is 7.89. The summed E-state index contributed by atoms with van der Waals surface area (Å²) in [6.07, 6.45) is 3.01. The van der Waals surface area contributed by atoms with E-state index in [2.05, 4.69) is 0 Å². The second-order valence-electron chi connectivity index (χ2n) is 5.67. The maximum absolute atomic E-state index is 12.2. The molecule has 1 N–H and O–H groups in total. The van der Waals surface area contributed by atoms with Gasteiger partial charge in [-0.05, 0) is 32.6 Å². The number of carbonyl (C=O) groups is 1. The van der Waals surface area contributed by atoms with Crippen LogP contribution in [0.5, 0.6) is 0 Å². The molecule has 0 aliphatic carbocycles. The molecule has 20 heavy (non-hydrogen) atoms. The van der Waals surface area contributed by atoms with Crippen LogP contribution in [-0.2, 0) is 14.8 Å². The van der Waals surface area contributed by atoms with Crippen LogP contribution >= 0.6 is 0 Å². The SMILES string of the molecule is CC(O)CC1CCCCN1C(=O)CCS(=O)(=O)N(C)C. The Morgan fingerprint density at radius 2 is 2.05 bits per heavy atom. The molecule has 0 aromatic rings. The van der Waals surface area contributed by atoms with Gasteiger partial charge in [0.1, 0.15) is 0 Å². The van der Waals surface area contributed by atoms with Gasteiger partial charge in [0.15, 0.2) is 0 Å². The van der Waals surface area contributed by atoms with Crippen molar-refractivity contribution in [3.8, 4) is 0 Å². The van der Waals surface area contributed by atoms with Crippen LogP contribution in [-0.4, -0.2) is 67.2 Å². The van der Waals surface area contributed by atoms with Gasteiger partial charge in [-0.15, -0.1) is 0 Å². The number of amides is 1. The van der Waals surface area contributed by atoms with Crippen molar-refractivity contribution in [1.29, 1.82) is 0 Å². The van der Waals surface area contributed by atoms with E-state index in [1.54, 1.807) is 11.8 Å². The monoisotopic (exact) mass is 306 g/mol. The molecular formula is C13H26N2O4S. The first-order valence-electron chi connectivity index (χ1n) is 7.12. The number of nitrogens with zero attached hydrogens (tertiary/aromatic N) is 2. The molecule has 0 aromatic carbocycles. The van der Waals surface area contributed by atoms with Crippen LogP contribution in [0.3, 0.4) is 0 Å². The first kappa shape index (κ1) is 17.4. The summed E-state index contributed by atoms with van der Waals surface area (Å²) in [6.45, 7) is 2.38. The number of hydrogen-bond acceptors (Lipinski definition) is 4. The van der Waals surface area contributed by atoms with Gasteiger partial charge in [0.05, 0.1) is 11.9 Å². The Balaban J connectivity index is 2.60. The predicted molar refractivity (Wildman–Crippen MR) is 77.7 cm³/mol. The summed E-state index contributed by atoms with van der Waals surface area (Å²) in [6, 6.07) is 0.0401. The quantitative estimate of drug-likeness (QED) is 0.771. The van der Waals surface area contributed by atoms with E-state index in [-0.39, 0.29) is 24.1 Å². The fourth-order valence-electron chi connectivity index (χ4n) is 2.51. The Labute approximate surface area is 121 Å². The number of aliphatic hydroxyl groups excluding tert-OH is 1. The molecule has 0 radical (unpaired) electrons. The number of carbonyl (C=O) groups excluding carboxylic acids is 1. The molecule has 2 atom stereocenters. The standard InChI is InChI=1S/C13H26N2O4S/c1-11(16)10-12-6-4-5-8-15(12)13(17)7-9-20(18,19)14(2)3/h11-12,16H,4-10H2,1-3H3. The van der Waals surface area contributed by atoms with Gasteiger partial charge >= 0.3 is 0 Å². The van der Waals surface area contributed by atoms with Gasteiger partial charge in [-0.25, -0.2) is 12.7 Å². The van der Waals surface area contributed by atoms with Crippen LogP contribution in [0.1, 0.15) is 39.0 Å². The van der Waals surface area contributed by atoms with E-state index in [9.17, 15) is 18.3 Å². The van der Waals surface area contributed by atoms with E-state index < -0.39 is 16.1 Å². The van der Waals surface area contributed by atoms with Crippen LogP contribution in [0.4, 0.5) is 0 Å². The number of piperidine rings is 1. The second-order valence-corrected chi connectivity index (χ2v) is 7.97. The molecule has 1 saturated heterocycles. The van der Waals surface area contributed by atoms with Crippen molar-refractivity contribution in [2.24, 2.45) is 0 Å². The molecule has 6 nitrogen and oxygen atoms in total. The first-order chi connectivity index (χ1) is 9.24. The van der Waals surface area contributed by atoms with Crippen LogP contribution < -0.4 is 0 Å². The molecule has 0 spiro atoms. The van der Waals surface area contributed by atoms with Crippen molar-refractivity contribution in [1.82, 2.24) is 9.21 Å². The average molecular weight is 306 g/mol. The van der Waals surface area contributed by atoms with Crippen LogP contribution in [0.2, 0.25) is 0 Å². The molecule has 1 rings (SSSR count). The first-order valence-corrected chi connectivity index (χ1v) is 8.72. The largest absolute Gasteiger partial charge is 0.393 e. The zero-order valence-electron chi connectivity index (χ0n) is 12.6. The minimum absolute atomic E-state index is 0.0107. The van der Waals surface area contributed by atoms with Gasteiger partial charge in [-0.3, -0.25) is 4.79 Å². The van der Waals surface area contributed by atoms with Gasteiger partial charge in [-0.1, -0.05) is 0 Å². The van der Waals surface area contributed by atoms with E-state index in [4.69, 9.17) is 0 Å². The third-order valence-corrected chi connectivity index (χ3v) is 5.52. The summed E-state index contributed by atoms with van der Waals surface area (Å²) in [7, 11) is -0.398. The van der Waals surface area contributed by atoms with Crippen molar-refractivity contribution < 1.29 is 18.3 Å². The Hall–Kier alpha value is -0.660. The lowest BCUT2D eigenvalue weighted by Gasteiger charge is -2.36. The number of aliphatic hydroxyl groups is 1. The van der Waals surface area contributed by atoms with Crippen LogP contribution in [0.15, 0.2) is 0 Å². The number of rotatable bonds is 6. The second kappa shape index (κ2) is 7.38. The molecule has 1 aliphatic rings. The number of sulfonamides is 1. The van der Waals surface area contributed by atoms with Crippen molar-refractivity contribution in [3.05, 3.63) is 0 Å². The fourth-order valence-corrected chi connectivity index (χ4v) is 3.31. The maximum atomic E-state index is 12.2. The van der Waals surface area contributed by atoms with E-state index in [0.29, 0.717) is 13.0 Å². The van der Waals surface area contributed by atoms with Crippen molar-refractivity contribution in [2.75, 3.05) is 26.4 Å². The highest BCUT2D eigenvalue weighted by Crippen LogP contribution is 2.22. The minimum Gasteiger partial charge on any atom is -0.393 e. The van der Waals surface area contributed by atoms with Crippen molar-refractivity contribution in [2.45, 2.75) is 51.2 Å². The minimum atomic E-state index is -3.34. The lowest BCUT2D eigenvalue weighted by molar-refractivity contribution is -0.135. The summed E-state index contributed by atoms with van der Waals surface area (Å²) in [5.74, 6) is -0.280. The zero-order chi connectivity index (χ0) is 15.3. The lowest BCUT2D eigenvalue weighted by atomic mass is 9.97. The predicted octanol–water partition coefficient (Wildman–Crippen LogP) is 0.420.